The van der Waals surface area contributed by atoms with Crippen LogP contribution in [0.1, 0.15) is 163 Å². The Morgan fingerprint density at radius 3 is 1.98 bits per heavy atom. The standard InChI is InChI=1S/C37H60O4/c1-5-6-7-8-9-10-11-12-13-14-15-16-17-18-33(39)30-26-28-25-29(41-27(2)38)21-23-36(28,3)32-22-24-37(4)31(35(30)32)19-20-34(37)40/h26,29-32,35H,5-25H2,1-4H3/t29-,30?,31-,32-,35-,36-,37-/m0/s1. The highest BCUT2D eigenvalue weighted by Gasteiger charge is 2.61. The Morgan fingerprint density at radius 1 is 0.805 bits per heavy atom. The Labute approximate surface area is 251 Å². The summed E-state index contributed by atoms with van der Waals surface area (Å²) in [4.78, 5) is 38.7. The normalized spacial score (nSPS) is 34.4. The molecular formula is C37H60O4. The van der Waals surface area contributed by atoms with Crippen LogP contribution in [-0.2, 0) is 19.1 Å². The molecule has 0 bridgehead atoms. The minimum absolute atomic E-state index is 0.0561. The molecule has 0 heterocycles. The molecule has 4 aliphatic rings. The van der Waals surface area contributed by atoms with Crippen molar-refractivity contribution in [2.75, 3.05) is 0 Å². The predicted molar refractivity (Wildman–Crippen MR) is 166 cm³/mol. The highest BCUT2D eigenvalue weighted by molar-refractivity contribution is 5.88. The smallest absolute Gasteiger partial charge is 0.302 e. The molecule has 0 amide bonds. The van der Waals surface area contributed by atoms with Gasteiger partial charge < -0.3 is 4.74 Å². The van der Waals surface area contributed by atoms with Crippen molar-refractivity contribution in [2.45, 2.75) is 169 Å². The average Bonchev–Trinajstić information content (AvgIpc) is 3.24. The number of fused-ring (bicyclic) bond motifs is 5. The van der Waals surface area contributed by atoms with Crippen molar-refractivity contribution in [1.82, 2.24) is 0 Å². The second kappa shape index (κ2) is 14.8. The number of Topliss-reactive ketones (excluding diaryl/α,β-unsaturated/α-hetero) is 2. The van der Waals surface area contributed by atoms with Gasteiger partial charge in [-0.15, -0.1) is 0 Å². The van der Waals surface area contributed by atoms with Crippen LogP contribution >= 0.6 is 0 Å². The van der Waals surface area contributed by atoms with Crippen molar-refractivity contribution < 1.29 is 19.1 Å². The van der Waals surface area contributed by atoms with Gasteiger partial charge in [0, 0.05) is 37.5 Å². The Kier molecular flexibility index (Phi) is 11.7. The molecular weight excluding hydrogens is 508 g/mol. The van der Waals surface area contributed by atoms with Crippen LogP contribution in [0.25, 0.3) is 0 Å². The first kappa shape index (κ1) is 32.5. The van der Waals surface area contributed by atoms with E-state index in [9.17, 15) is 14.4 Å². The largest absolute Gasteiger partial charge is 0.462 e. The van der Waals surface area contributed by atoms with Gasteiger partial charge in [0.15, 0.2) is 0 Å². The van der Waals surface area contributed by atoms with Crippen molar-refractivity contribution in [3.05, 3.63) is 11.6 Å². The van der Waals surface area contributed by atoms with Crippen LogP contribution in [0.4, 0.5) is 0 Å². The lowest BCUT2D eigenvalue weighted by molar-refractivity contribution is -0.150. The van der Waals surface area contributed by atoms with Gasteiger partial charge in [0.25, 0.3) is 0 Å². The number of carbonyl (C=O) groups is 3. The van der Waals surface area contributed by atoms with Gasteiger partial charge in [-0.1, -0.05) is 109 Å². The molecule has 0 spiro atoms. The van der Waals surface area contributed by atoms with Crippen molar-refractivity contribution >= 4 is 17.5 Å². The first-order valence-electron chi connectivity index (χ1n) is 17.6. The van der Waals surface area contributed by atoms with E-state index in [1.807, 2.05) is 0 Å². The first-order valence-corrected chi connectivity index (χ1v) is 17.6. The summed E-state index contributed by atoms with van der Waals surface area (Å²) < 4.78 is 5.66. The van der Waals surface area contributed by atoms with Crippen LogP contribution in [0.15, 0.2) is 11.6 Å². The van der Waals surface area contributed by atoms with E-state index in [0.29, 0.717) is 36.2 Å². The van der Waals surface area contributed by atoms with E-state index in [2.05, 4.69) is 26.8 Å². The van der Waals surface area contributed by atoms with Crippen LogP contribution in [0.2, 0.25) is 0 Å². The molecule has 3 fully saturated rings. The zero-order valence-electron chi connectivity index (χ0n) is 26.9. The fourth-order valence-corrected chi connectivity index (χ4v) is 9.55. The summed E-state index contributed by atoms with van der Waals surface area (Å²) in [5.41, 5.74) is 1.17. The van der Waals surface area contributed by atoms with E-state index in [1.165, 1.54) is 83.1 Å². The fourth-order valence-electron chi connectivity index (χ4n) is 9.55. The molecule has 0 saturated heterocycles. The van der Waals surface area contributed by atoms with E-state index in [1.54, 1.807) is 0 Å². The number of hydrogen-bond donors (Lipinski definition) is 0. The highest BCUT2D eigenvalue weighted by Crippen LogP contribution is 2.65. The number of allylic oxidation sites excluding steroid dienone is 1. The van der Waals surface area contributed by atoms with Crippen LogP contribution in [0.3, 0.4) is 0 Å². The molecule has 0 radical (unpaired) electrons. The molecule has 0 aromatic carbocycles. The zero-order chi connectivity index (χ0) is 29.5. The first-order chi connectivity index (χ1) is 19.7. The topological polar surface area (TPSA) is 60.4 Å². The summed E-state index contributed by atoms with van der Waals surface area (Å²) in [6, 6.07) is 0. The Hall–Kier alpha value is -1.45. The summed E-state index contributed by atoms with van der Waals surface area (Å²) in [5.74, 6) is 1.61. The highest BCUT2D eigenvalue weighted by atomic mass is 16.5. The molecule has 7 atom stereocenters. The minimum atomic E-state index is -0.244. The van der Waals surface area contributed by atoms with Gasteiger partial charge >= 0.3 is 5.97 Å². The molecule has 4 rings (SSSR count). The quantitative estimate of drug-likeness (QED) is 0.106. The summed E-state index contributed by atoms with van der Waals surface area (Å²) in [6.45, 7) is 8.39. The molecule has 41 heavy (non-hydrogen) atoms. The van der Waals surface area contributed by atoms with Crippen LogP contribution < -0.4 is 0 Å². The van der Waals surface area contributed by atoms with E-state index < -0.39 is 0 Å². The van der Waals surface area contributed by atoms with Crippen LogP contribution in [0.5, 0.6) is 0 Å². The number of ketones is 2. The third-order valence-corrected chi connectivity index (χ3v) is 12.1. The maximum atomic E-state index is 14.0. The fraction of sp³-hybridized carbons (Fsp3) is 0.865. The van der Waals surface area contributed by atoms with Gasteiger partial charge in [-0.25, -0.2) is 0 Å². The molecule has 0 N–H and O–H groups in total. The maximum absolute atomic E-state index is 14.0. The Bertz CT molecular complexity index is 935. The lowest BCUT2D eigenvalue weighted by Gasteiger charge is -2.58. The van der Waals surface area contributed by atoms with E-state index in [-0.39, 0.29) is 34.7 Å². The SMILES string of the molecule is CCCCCCCCCCCCCCCC(=O)C1C=C2C[C@@H](OC(C)=O)CC[C@]2(C)[C@H]2CC[C@]3(C)C(=O)CC[C@H]3[C@H]12. The molecule has 4 aliphatic carbocycles. The van der Waals surface area contributed by atoms with Gasteiger partial charge in [-0.2, -0.15) is 0 Å². The maximum Gasteiger partial charge on any atom is 0.302 e. The summed E-state index contributed by atoms with van der Waals surface area (Å²) >= 11 is 0. The van der Waals surface area contributed by atoms with Gasteiger partial charge in [0.05, 0.1) is 0 Å². The van der Waals surface area contributed by atoms with Crippen molar-refractivity contribution in [3.63, 3.8) is 0 Å². The Morgan fingerprint density at radius 2 is 1.37 bits per heavy atom. The van der Waals surface area contributed by atoms with Gasteiger partial charge in [-0.05, 0) is 61.7 Å². The molecule has 0 aromatic rings. The Balaban J connectivity index is 1.32. The van der Waals surface area contributed by atoms with Crippen LogP contribution in [0, 0.1) is 34.5 Å². The number of carbonyl (C=O) groups excluding carboxylic acids is 3. The van der Waals surface area contributed by atoms with Crippen molar-refractivity contribution in [2.24, 2.45) is 34.5 Å². The number of rotatable bonds is 16. The summed E-state index contributed by atoms with van der Waals surface area (Å²) in [6.07, 6.45) is 26.3. The lowest BCUT2D eigenvalue weighted by atomic mass is 9.45. The lowest BCUT2D eigenvalue weighted by Crippen LogP contribution is -2.54. The summed E-state index contributed by atoms with van der Waals surface area (Å²) in [5, 5.41) is 0. The average molecular weight is 569 g/mol. The van der Waals surface area contributed by atoms with Crippen molar-refractivity contribution in [3.8, 4) is 0 Å². The van der Waals surface area contributed by atoms with E-state index in [0.717, 1.165) is 51.4 Å². The number of unbranched alkanes of at least 4 members (excludes halogenated alkanes) is 12. The van der Waals surface area contributed by atoms with Crippen molar-refractivity contribution in [1.29, 1.82) is 0 Å². The minimum Gasteiger partial charge on any atom is -0.462 e. The molecule has 0 aromatic heterocycles. The molecule has 3 saturated carbocycles. The summed E-state index contributed by atoms with van der Waals surface area (Å²) in [7, 11) is 0. The molecule has 0 aliphatic heterocycles. The zero-order valence-corrected chi connectivity index (χ0v) is 26.9. The number of ether oxygens (including phenoxy) is 1. The van der Waals surface area contributed by atoms with Gasteiger partial charge in [0.1, 0.15) is 17.7 Å². The van der Waals surface area contributed by atoms with Gasteiger partial charge in [0.2, 0.25) is 0 Å². The molecule has 232 valence electrons. The number of esters is 1. The number of hydrogen-bond acceptors (Lipinski definition) is 4. The predicted octanol–water partition coefficient (Wildman–Crippen LogP) is 9.73. The molecule has 4 heteroatoms. The second-order valence-corrected chi connectivity index (χ2v) is 14.8. The molecule has 4 nitrogen and oxygen atoms in total. The third-order valence-electron chi connectivity index (χ3n) is 12.1. The van der Waals surface area contributed by atoms with Crippen LogP contribution in [-0.4, -0.2) is 23.6 Å². The van der Waals surface area contributed by atoms with E-state index in [4.69, 9.17) is 4.74 Å². The monoisotopic (exact) mass is 568 g/mol. The molecule has 1 unspecified atom stereocenters. The third kappa shape index (κ3) is 7.56. The van der Waals surface area contributed by atoms with E-state index >= 15 is 0 Å². The second-order valence-electron chi connectivity index (χ2n) is 14.8. The van der Waals surface area contributed by atoms with Gasteiger partial charge in [-0.3, -0.25) is 14.4 Å².